The molecule has 8 heavy (non-hydrogen) atoms. The number of hydrogen-bond acceptors (Lipinski definition) is 1. The molecule has 2 heteroatoms. The first-order valence-electron chi connectivity index (χ1n) is 2.40. The van der Waals surface area contributed by atoms with Crippen LogP contribution >= 0.6 is 0 Å². The zero-order valence-electron chi connectivity index (χ0n) is 5.72. The molecule has 0 aliphatic carbocycles. The van der Waals surface area contributed by atoms with E-state index in [9.17, 15) is 0 Å². The zero-order valence-corrected chi connectivity index (χ0v) is 8.56. The third-order valence-corrected chi connectivity index (χ3v) is 1.16. The van der Waals surface area contributed by atoms with Crippen LogP contribution in [-0.2, 0) is 32.7 Å². The second kappa shape index (κ2) is 6.19. The van der Waals surface area contributed by atoms with Gasteiger partial charge in [-0.05, 0) is 13.6 Å². The topological polar surface area (TPSA) is 3.24 Å². The SMILES string of the molecule is CN1C[CH-]CC1.[CH3-].[Y]. The molecule has 1 aliphatic rings. The second-order valence-electron chi connectivity index (χ2n) is 1.84. The first-order chi connectivity index (χ1) is 2.89. The van der Waals surface area contributed by atoms with Crippen LogP contribution in [0.25, 0.3) is 0 Å². The van der Waals surface area contributed by atoms with Crippen molar-refractivity contribution in [1.29, 1.82) is 0 Å². The Hall–Kier alpha value is 1.06. The standard InChI is InChI=1S/C5H10N.CH3.Y/c1-6-4-2-3-5-6;;/h2H,3-5H2,1H3;1H3;/q2*-1;. The van der Waals surface area contributed by atoms with Crippen molar-refractivity contribution in [3.63, 3.8) is 0 Å². The Morgan fingerprint density at radius 1 is 1.50 bits per heavy atom. The molecular formula is C6H13NY-2. The Morgan fingerprint density at radius 2 is 2.12 bits per heavy atom. The molecule has 47 valence electrons. The minimum atomic E-state index is 0. The summed E-state index contributed by atoms with van der Waals surface area (Å²) in [7, 11) is 2.14. The van der Waals surface area contributed by atoms with Crippen molar-refractivity contribution in [2.45, 2.75) is 6.42 Å². The van der Waals surface area contributed by atoms with E-state index in [1.807, 2.05) is 0 Å². The van der Waals surface area contributed by atoms with E-state index < -0.39 is 0 Å². The Balaban J connectivity index is 0. The van der Waals surface area contributed by atoms with Gasteiger partial charge in [-0.1, -0.05) is 0 Å². The third-order valence-electron chi connectivity index (χ3n) is 1.16. The van der Waals surface area contributed by atoms with Gasteiger partial charge in [0, 0.05) is 32.7 Å². The van der Waals surface area contributed by atoms with E-state index in [-0.39, 0.29) is 40.1 Å². The normalized spacial score (nSPS) is 19.1. The Kier molecular flexibility index (Phi) is 9.14. The van der Waals surface area contributed by atoms with Crippen LogP contribution in [0.5, 0.6) is 0 Å². The summed E-state index contributed by atoms with van der Waals surface area (Å²) in [5.74, 6) is 0. The molecule has 1 nitrogen and oxygen atoms in total. The van der Waals surface area contributed by atoms with Crippen LogP contribution in [0.3, 0.4) is 0 Å². The fraction of sp³-hybridized carbons (Fsp3) is 0.667. The van der Waals surface area contributed by atoms with Gasteiger partial charge < -0.3 is 18.7 Å². The Bertz CT molecular complexity index is 41.8. The van der Waals surface area contributed by atoms with Crippen molar-refractivity contribution in [2.75, 3.05) is 20.1 Å². The van der Waals surface area contributed by atoms with Gasteiger partial charge in [-0.15, -0.1) is 6.54 Å². The second-order valence-corrected chi connectivity index (χ2v) is 1.84. The van der Waals surface area contributed by atoms with E-state index in [1.54, 1.807) is 0 Å². The van der Waals surface area contributed by atoms with Crippen LogP contribution in [0.1, 0.15) is 6.42 Å². The maximum absolute atomic E-state index is 2.31. The van der Waals surface area contributed by atoms with Gasteiger partial charge in [0.25, 0.3) is 0 Å². The molecule has 0 N–H and O–H groups in total. The quantitative estimate of drug-likeness (QED) is 0.512. The first-order valence-corrected chi connectivity index (χ1v) is 2.40. The maximum atomic E-state index is 2.31. The number of nitrogens with zero attached hydrogens (tertiary/aromatic N) is 1. The van der Waals surface area contributed by atoms with Crippen molar-refractivity contribution in [2.24, 2.45) is 0 Å². The largest absolute Gasteiger partial charge is 0.358 e. The average Bonchev–Trinajstić information content (AvgIpc) is 1.86. The van der Waals surface area contributed by atoms with E-state index in [1.165, 1.54) is 19.5 Å². The van der Waals surface area contributed by atoms with Crippen molar-refractivity contribution in [1.82, 2.24) is 4.90 Å². The summed E-state index contributed by atoms with van der Waals surface area (Å²) in [5.41, 5.74) is 0. The van der Waals surface area contributed by atoms with Crippen LogP contribution in [0.4, 0.5) is 0 Å². The van der Waals surface area contributed by atoms with Crippen LogP contribution in [0.2, 0.25) is 0 Å². The first kappa shape index (κ1) is 11.8. The van der Waals surface area contributed by atoms with Crippen molar-refractivity contribution < 1.29 is 32.7 Å². The number of rotatable bonds is 0. The van der Waals surface area contributed by atoms with Gasteiger partial charge in [-0.3, -0.25) is 0 Å². The predicted octanol–water partition coefficient (Wildman–Crippen LogP) is 0.974. The zero-order chi connectivity index (χ0) is 4.41. The monoisotopic (exact) mass is 188 g/mol. The van der Waals surface area contributed by atoms with Crippen molar-refractivity contribution in [3.8, 4) is 0 Å². The van der Waals surface area contributed by atoms with Gasteiger partial charge in [-0.25, -0.2) is 0 Å². The predicted molar refractivity (Wildman–Crippen MR) is 32.8 cm³/mol. The molecule has 1 fully saturated rings. The summed E-state index contributed by atoms with van der Waals surface area (Å²) in [5, 5.41) is 0. The summed E-state index contributed by atoms with van der Waals surface area (Å²) >= 11 is 0. The molecule has 1 radical (unpaired) electrons. The third kappa shape index (κ3) is 3.99. The van der Waals surface area contributed by atoms with Crippen LogP contribution in [-0.4, -0.2) is 25.0 Å². The fourth-order valence-electron chi connectivity index (χ4n) is 0.715. The molecule has 1 aliphatic heterocycles. The van der Waals surface area contributed by atoms with E-state index in [0.29, 0.717) is 0 Å². The molecule has 0 saturated carbocycles. The van der Waals surface area contributed by atoms with Gasteiger partial charge in [0.05, 0.1) is 0 Å². The molecule has 1 rings (SSSR count). The van der Waals surface area contributed by atoms with Crippen LogP contribution < -0.4 is 0 Å². The Labute approximate surface area is 77.7 Å². The van der Waals surface area contributed by atoms with E-state index in [0.717, 1.165) is 0 Å². The summed E-state index contributed by atoms with van der Waals surface area (Å²) in [6.07, 6.45) is 3.59. The molecule has 0 amide bonds. The summed E-state index contributed by atoms with van der Waals surface area (Å²) < 4.78 is 0. The summed E-state index contributed by atoms with van der Waals surface area (Å²) in [4.78, 5) is 2.31. The maximum Gasteiger partial charge on any atom is 0 e. The molecule has 0 bridgehead atoms. The molecule has 0 spiro atoms. The number of hydrogen-bond donors (Lipinski definition) is 0. The van der Waals surface area contributed by atoms with Gasteiger partial charge in [-0.2, -0.15) is 6.42 Å². The van der Waals surface area contributed by atoms with E-state index >= 15 is 0 Å². The molecule has 0 atom stereocenters. The minimum Gasteiger partial charge on any atom is -0.358 e. The summed E-state index contributed by atoms with van der Waals surface area (Å²) in [6, 6.07) is 0. The van der Waals surface area contributed by atoms with Gasteiger partial charge in [0.1, 0.15) is 0 Å². The summed E-state index contributed by atoms with van der Waals surface area (Å²) in [6.45, 7) is 2.46. The molecule has 1 saturated heterocycles. The van der Waals surface area contributed by atoms with Crippen LogP contribution in [0.15, 0.2) is 0 Å². The molecule has 0 unspecified atom stereocenters. The molecule has 0 aromatic rings. The molecular weight excluding hydrogens is 175 g/mol. The fourth-order valence-corrected chi connectivity index (χ4v) is 0.715. The van der Waals surface area contributed by atoms with Gasteiger partial charge in [0.15, 0.2) is 0 Å². The molecule has 0 aromatic carbocycles. The van der Waals surface area contributed by atoms with E-state index in [2.05, 4.69) is 18.4 Å². The smallest absolute Gasteiger partial charge is 0 e. The average molecular weight is 188 g/mol. The van der Waals surface area contributed by atoms with Gasteiger partial charge >= 0.3 is 0 Å². The van der Waals surface area contributed by atoms with Crippen molar-refractivity contribution >= 4 is 0 Å². The molecule has 1 heterocycles. The minimum absolute atomic E-state index is 0. The van der Waals surface area contributed by atoms with Crippen LogP contribution in [0, 0.1) is 13.8 Å². The van der Waals surface area contributed by atoms with E-state index in [4.69, 9.17) is 0 Å². The number of likely N-dealkylation sites (tertiary alicyclic amines) is 1. The molecule has 0 aromatic heterocycles. The van der Waals surface area contributed by atoms with Crippen molar-refractivity contribution in [3.05, 3.63) is 13.8 Å². The van der Waals surface area contributed by atoms with Gasteiger partial charge in [0.2, 0.25) is 0 Å². The Morgan fingerprint density at radius 3 is 2.25 bits per heavy atom.